The van der Waals surface area contributed by atoms with Crippen molar-refractivity contribution in [2.24, 2.45) is 5.73 Å². The second-order valence-corrected chi connectivity index (χ2v) is 5.15. The monoisotopic (exact) mass is 269 g/mol. The van der Waals surface area contributed by atoms with Gasteiger partial charge in [-0.15, -0.1) is 0 Å². The lowest BCUT2D eigenvalue weighted by Gasteiger charge is -2.30. The maximum absolute atomic E-state index is 13.3. The fourth-order valence-corrected chi connectivity index (χ4v) is 2.64. The van der Waals surface area contributed by atoms with E-state index in [0.717, 1.165) is 38.7 Å². The van der Waals surface area contributed by atoms with Crippen LogP contribution in [0.25, 0.3) is 0 Å². The van der Waals surface area contributed by atoms with Gasteiger partial charge in [-0.25, -0.2) is 8.78 Å². The minimum absolute atomic E-state index is 0.114. The van der Waals surface area contributed by atoms with Gasteiger partial charge in [0.2, 0.25) is 0 Å². The van der Waals surface area contributed by atoms with Crippen LogP contribution in [0.15, 0.2) is 18.2 Å². The van der Waals surface area contributed by atoms with Gasteiger partial charge < -0.3 is 10.6 Å². The lowest BCUT2D eigenvalue weighted by atomic mass is 10.0. The fourth-order valence-electron chi connectivity index (χ4n) is 2.64. The molecule has 0 aliphatic carbocycles. The molecule has 1 aromatic carbocycles. The number of hydrogen-bond acceptors (Lipinski definition) is 3. The molecule has 1 aliphatic rings. The van der Waals surface area contributed by atoms with Gasteiger partial charge in [-0.3, -0.25) is 4.90 Å². The lowest BCUT2D eigenvalue weighted by Crippen LogP contribution is -2.36. The van der Waals surface area contributed by atoms with Crippen LogP contribution in [-0.2, 0) is 0 Å². The van der Waals surface area contributed by atoms with E-state index in [1.54, 1.807) is 0 Å². The Kier molecular flexibility index (Phi) is 4.85. The zero-order chi connectivity index (χ0) is 13.8. The molecule has 1 fully saturated rings. The van der Waals surface area contributed by atoms with E-state index in [1.807, 2.05) is 0 Å². The lowest BCUT2D eigenvalue weighted by molar-refractivity contribution is 0.207. The number of nitrogens with zero attached hydrogens (tertiary/aromatic N) is 2. The van der Waals surface area contributed by atoms with Crippen molar-refractivity contribution >= 4 is 0 Å². The van der Waals surface area contributed by atoms with E-state index in [9.17, 15) is 8.78 Å². The van der Waals surface area contributed by atoms with Crippen LogP contribution in [0, 0.1) is 11.6 Å². The summed E-state index contributed by atoms with van der Waals surface area (Å²) >= 11 is 0. The molecule has 0 spiro atoms. The second-order valence-electron chi connectivity index (χ2n) is 5.15. The third-order valence-corrected chi connectivity index (χ3v) is 3.69. The van der Waals surface area contributed by atoms with Gasteiger partial charge >= 0.3 is 0 Å². The number of likely N-dealkylation sites (N-methyl/N-ethyl adjacent to an activating group) is 1. The average molecular weight is 269 g/mol. The molecule has 5 heteroatoms. The smallest absolute Gasteiger partial charge is 0.126 e. The highest BCUT2D eigenvalue weighted by Gasteiger charge is 2.22. The first-order valence-electron chi connectivity index (χ1n) is 6.69. The summed E-state index contributed by atoms with van der Waals surface area (Å²) in [5, 5.41) is 0. The van der Waals surface area contributed by atoms with Crippen molar-refractivity contribution in [3.63, 3.8) is 0 Å². The Morgan fingerprint density at radius 2 is 1.79 bits per heavy atom. The maximum Gasteiger partial charge on any atom is 0.126 e. The van der Waals surface area contributed by atoms with Crippen LogP contribution in [-0.4, -0.2) is 49.6 Å². The Labute approximate surface area is 113 Å². The van der Waals surface area contributed by atoms with Crippen LogP contribution in [0.2, 0.25) is 0 Å². The Hall–Kier alpha value is -1.04. The molecule has 1 aromatic rings. The molecule has 0 amide bonds. The standard InChI is InChI=1S/C14H21F2N3/c1-18-3-2-4-19(6-5-18)14(10-17)11-7-12(15)9-13(16)8-11/h7-9,14H,2-6,10,17H2,1H3. The van der Waals surface area contributed by atoms with E-state index < -0.39 is 11.6 Å². The van der Waals surface area contributed by atoms with E-state index in [1.165, 1.54) is 12.1 Å². The van der Waals surface area contributed by atoms with Crippen LogP contribution < -0.4 is 5.73 Å². The van der Waals surface area contributed by atoms with Crippen molar-refractivity contribution in [2.75, 3.05) is 39.8 Å². The molecule has 0 bridgehead atoms. The van der Waals surface area contributed by atoms with E-state index in [4.69, 9.17) is 5.73 Å². The minimum atomic E-state index is -0.541. The highest BCUT2D eigenvalue weighted by Crippen LogP contribution is 2.23. The number of nitrogens with two attached hydrogens (primary N) is 1. The van der Waals surface area contributed by atoms with Gasteiger partial charge in [0.15, 0.2) is 0 Å². The molecule has 1 unspecified atom stereocenters. The van der Waals surface area contributed by atoms with E-state index in [2.05, 4.69) is 16.8 Å². The molecular weight excluding hydrogens is 248 g/mol. The normalized spacial score (nSPS) is 20.2. The molecule has 0 saturated carbocycles. The molecule has 3 nitrogen and oxygen atoms in total. The molecular formula is C14H21F2N3. The molecule has 106 valence electrons. The van der Waals surface area contributed by atoms with Gasteiger partial charge in [0, 0.05) is 38.3 Å². The van der Waals surface area contributed by atoms with Gasteiger partial charge in [-0.2, -0.15) is 0 Å². The van der Waals surface area contributed by atoms with Crippen LogP contribution >= 0.6 is 0 Å². The largest absolute Gasteiger partial charge is 0.329 e. The Balaban J connectivity index is 2.18. The average Bonchev–Trinajstić information content (AvgIpc) is 2.54. The molecule has 0 aromatic heterocycles. The molecule has 2 rings (SSSR count). The van der Waals surface area contributed by atoms with Gasteiger partial charge in [-0.05, 0) is 37.7 Å². The predicted octanol–water partition coefficient (Wildman–Crippen LogP) is 1.60. The molecule has 1 saturated heterocycles. The minimum Gasteiger partial charge on any atom is -0.329 e. The SMILES string of the molecule is CN1CCCN(C(CN)c2cc(F)cc(F)c2)CC1. The first-order chi connectivity index (χ1) is 9.10. The van der Waals surface area contributed by atoms with Crippen molar-refractivity contribution in [1.82, 2.24) is 9.80 Å². The maximum atomic E-state index is 13.3. The quantitative estimate of drug-likeness (QED) is 0.904. The van der Waals surface area contributed by atoms with Crippen molar-refractivity contribution in [3.05, 3.63) is 35.4 Å². The second kappa shape index (κ2) is 6.41. The van der Waals surface area contributed by atoms with Crippen molar-refractivity contribution in [1.29, 1.82) is 0 Å². The summed E-state index contributed by atoms with van der Waals surface area (Å²) in [4.78, 5) is 4.48. The highest BCUT2D eigenvalue weighted by atomic mass is 19.1. The number of hydrogen-bond donors (Lipinski definition) is 1. The highest BCUT2D eigenvalue weighted by molar-refractivity contribution is 5.22. The summed E-state index contributed by atoms with van der Waals surface area (Å²) in [6.45, 7) is 4.15. The first-order valence-corrected chi connectivity index (χ1v) is 6.69. The van der Waals surface area contributed by atoms with Gasteiger partial charge in [0.05, 0.1) is 0 Å². The molecule has 1 aliphatic heterocycles. The van der Waals surface area contributed by atoms with Gasteiger partial charge in [0.1, 0.15) is 11.6 Å². The van der Waals surface area contributed by atoms with Crippen molar-refractivity contribution in [2.45, 2.75) is 12.5 Å². The molecule has 19 heavy (non-hydrogen) atoms. The summed E-state index contributed by atoms with van der Waals surface area (Å²) in [6, 6.07) is 3.55. The molecule has 2 N–H and O–H groups in total. The number of benzene rings is 1. The van der Waals surface area contributed by atoms with Crippen molar-refractivity contribution in [3.8, 4) is 0 Å². The van der Waals surface area contributed by atoms with Crippen molar-refractivity contribution < 1.29 is 8.78 Å². The summed E-state index contributed by atoms with van der Waals surface area (Å²) in [6.07, 6.45) is 1.05. The zero-order valence-corrected chi connectivity index (χ0v) is 11.3. The number of halogens is 2. The summed E-state index contributed by atoms with van der Waals surface area (Å²) in [7, 11) is 2.09. The van der Waals surface area contributed by atoms with Crippen LogP contribution in [0.4, 0.5) is 8.78 Å². The Bertz CT molecular complexity index is 405. The Morgan fingerprint density at radius 1 is 1.11 bits per heavy atom. The topological polar surface area (TPSA) is 32.5 Å². The summed E-state index contributed by atoms with van der Waals surface area (Å²) in [5.41, 5.74) is 6.45. The molecule has 1 heterocycles. The zero-order valence-electron chi connectivity index (χ0n) is 11.3. The van der Waals surface area contributed by atoms with Crippen LogP contribution in [0.5, 0.6) is 0 Å². The number of rotatable bonds is 3. The van der Waals surface area contributed by atoms with E-state index >= 15 is 0 Å². The fraction of sp³-hybridized carbons (Fsp3) is 0.571. The van der Waals surface area contributed by atoms with Crippen LogP contribution in [0.1, 0.15) is 18.0 Å². The van der Waals surface area contributed by atoms with Gasteiger partial charge in [-0.1, -0.05) is 0 Å². The third-order valence-electron chi connectivity index (χ3n) is 3.69. The van der Waals surface area contributed by atoms with Crippen LogP contribution in [0.3, 0.4) is 0 Å². The summed E-state index contributed by atoms with van der Waals surface area (Å²) < 4.78 is 26.7. The van der Waals surface area contributed by atoms with E-state index in [0.29, 0.717) is 12.1 Å². The van der Waals surface area contributed by atoms with Gasteiger partial charge in [0.25, 0.3) is 0 Å². The summed E-state index contributed by atoms with van der Waals surface area (Å²) in [5.74, 6) is -1.08. The first kappa shape index (κ1) is 14.4. The predicted molar refractivity (Wildman–Crippen MR) is 71.8 cm³/mol. The molecule has 1 atom stereocenters. The Morgan fingerprint density at radius 3 is 2.42 bits per heavy atom. The van der Waals surface area contributed by atoms with E-state index in [-0.39, 0.29) is 6.04 Å². The third kappa shape index (κ3) is 3.72. The molecule has 0 radical (unpaired) electrons.